The van der Waals surface area contributed by atoms with Crippen LogP contribution in [0.25, 0.3) is 0 Å². The van der Waals surface area contributed by atoms with Crippen LogP contribution in [0.3, 0.4) is 0 Å². The van der Waals surface area contributed by atoms with Crippen LogP contribution in [0.2, 0.25) is 0 Å². The first-order chi connectivity index (χ1) is 11.9. The molecule has 0 aliphatic heterocycles. The molecule has 25 heavy (non-hydrogen) atoms. The number of aliphatic carboxylic acids is 1. The fourth-order valence-corrected chi connectivity index (χ4v) is 2.72. The molecule has 1 N–H and O–H groups in total. The van der Waals surface area contributed by atoms with Crippen molar-refractivity contribution in [3.63, 3.8) is 0 Å². The zero-order chi connectivity index (χ0) is 18.4. The van der Waals surface area contributed by atoms with Gasteiger partial charge in [-0.05, 0) is 29.2 Å². The Morgan fingerprint density at radius 2 is 1.68 bits per heavy atom. The maximum Gasteiger partial charge on any atom is 0.326 e. The third-order valence-corrected chi connectivity index (χ3v) is 4.34. The van der Waals surface area contributed by atoms with Gasteiger partial charge in [-0.2, -0.15) is 0 Å². The second-order valence-corrected chi connectivity index (χ2v) is 6.21. The van der Waals surface area contributed by atoms with Crippen LogP contribution in [0, 0.1) is 5.82 Å². The zero-order valence-corrected chi connectivity index (χ0v) is 14.4. The first kappa shape index (κ1) is 18.6. The number of carbonyl (C=O) groups excluding carboxylic acids is 1. The van der Waals surface area contributed by atoms with Crippen molar-refractivity contribution in [2.45, 2.75) is 31.7 Å². The molecule has 5 heteroatoms. The van der Waals surface area contributed by atoms with Crippen molar-refractivity contribution < 1.29 is 19.1 Å². The molecule has 2 rings (SSSR count). The summed E-state index contributed by atoms with van der Waals surface area (Å²) in [5, 5.41) is 9.50. The average Bonchev–Trinajstić information content (AvgIpc) is 2.60. The van der Waals surface area contributed by atoms with Gasteiger partial charge in [-0.3, -0.25) is 4.79 Å². The molecule has 0 heterocycles. The summed E-state index contributed by atoms with van der Waals surface area (Å²) in [4.78, 5) is 25.4. The lowest BCUT2D eigenvalue weighted by Gasteiger charge is -2.26. The fourth-order valence-electron chi connectivity index (χ4n) is 2.72. The molecule has 0 aliphatic rings. The summed E-state index contributed by atoms with van der Waals surface area (Å²) in [7, 11) is 1.52. The number of nitrogens with zero attached hydrogens (tertiary/aromatic N) is 1. The summed E-state index contributed by atoms with van der Waals surface area (Å²) >= 11 is 0. The lowest BCUT2D eigenvalue weighted by molar-refractivity contribution is -0.149. The topological polar surface area (TPSA) is 57.6 Å². The average molecular weight is 343 g/mol. The maximum atomic E-state index is 13.0. The first-order valence-electron chi connectivity index (χ1n) is 8.16. The number of halogens is 1. The number of benzene rings is 2. The van der Waals surface area contributed by atoms with E-state index in [1.807, 2.05) is 37.3 Å². The van der Waals surface area contributed by atoms with Gasteiger partial charge in [-0.15, -0.1) is 0 Å². The minimum Gasteiger partial charge on any atom is -0.480 e. The predicted molar refractivity (Wildman–Crippen MR) is 93.8 cm³/mol. The maximum absolute atomic E-state index is 13.0. The molecule has 2 unspecified atom stereocenters. The number of amides is 1. The predicted octanol–water partition coefficient (Wildman–Crippen LogP) is 3.47. The molecule has 0 spiro atoms. The van der Waals surface area contributed by atoms with E-state index in [1.54, 1.807) is 12.1 Å². The summed E-state index contributed by atoms with van der Waals surface area (Å²) in [6, 6.07) is 14.3. The number of carbonyl (C=O) groups is 2. The summed E-state index contributed by atoms with van der Waals surface area (Å²) in [6.45, 7) is 1.87. The van der Waals surface area contributed by atoms with Crippen molar-refractivity contribution in [2.24, 2.45) is 0 Å². The van der Waals surface area contributed by atoms with Gasteiger partial charge in [0.2, 0.25) is 5.91 Å². The number of carboxylic acid groups (broad SMARTS) is 1. The van der Waals surface area contributed by atoms with Gasteiger partial charge in [-0.25, -0.2) is 9.18 Å². The Balaban J connectivity index is 2.05. The summed E-state index contributed by atoms with van der Waals surface area (Å²) < 4.78 is 13.0. The minimum atomic E-state index is -1.03. The smallest absolute Gasteiger partial charge is 0.326 e. The van der Waals surface area contributed by atoms with Gasteiger partial charge in [-0.1, -0.05) is 49.4 Å². The highest BCUT2D eigenvalue weighted by Crippen LogP contribution is 2.21. The first-order valence-corrected chi connectivity index (χ1v) is 8.16. The number of hydrogen-bond acceptors (Lipinski definition) is 2. The molecule has 0 fully saturated rings. The van der Waals surface area contributed by atoms with Gasteiger partial charge >= 0.3 is 5.97 Å². The van der Waals surface area contributed by atoms with E-state index in [0.717, 1.165) is 11.1 Å². The second-order valence-electron chi connectivity index (χ2n) is 6.21. The molecule has 0 saturated carbocycles. The van der Waals surface area contributed by atoms with Crippen LogP contribution in [0.4, 0.5) is 4.39 Å². The van der Waals surface area contributed by atoms with Crippen LogP contribution in [0.5, 0.6) is 0 Å². The van der Waals surface area contributed by atoms with Crippen LogP contribution < -0.4 is 0 Å². The van der Waals surface area contributed by atoms with Gasteiger partial charge in [0, 0.05) is 19.9 Å². The highest BCUT2D eigenvalue weighted by Gasteiger charge is 2.27. The van der Waals surface area contributed by atoms with Crippen molar-refractivity contribution in [3.8, 4) is 0 Å². The van der Waals surface area contributed by atoms with E-state index >= 15 is 0 Å². The zero-order valence-electron chi connectivity index (χ0n) is 14.4. The van der Waals surface area contributed by atoms with Crippen molar-refractivity contribution in [3.05, 3.63) is 71.5 Å². The van der Waals surface area contributed by atoms with E-state index in [1.165, 1.54) is 24.1 Å². The highest BCUT2D eigenvalue weighted by atomic mass is 19.1. The SMILES string of the molecule is CC(CC(=O)N(C)C(Cc1ccccc1)C(=O)O)c1ccc(F)cc1. The Hall–Kier alpha value is -2.69. The Morgan fingerprint density at radius 3 is 2.24 bits per heavy atom. The number of rotatable bonds is 7. The molecule has 0 saturated heterocycles. The summed E-state index contributed by atoms with van der Waals surface area (Å²) in [6.07, 6.45) is 0.421. The number of likely N-dealkylation sites (N-methyl/N-ethyl adjacent to an activating group) is 1. The van der Waals surface area contributed by atoms with Crippen molar-refractivity contribution in [2.75, 3.05) is 7.05 Å². The van der Waals surface area contributed by atoms with Gasteiger partial charge in [0.15, 0.2) is 0 Å². The van der Waals surface area contributed by atoms with E-state index in [2.05, 4.69) is 0 Å². The minimum absolute atomic E-state index is 0.123. The van der Waals surface area contributed by atoms with Crippen LogP contribution in [0.1, 0.15) is 30.4 Å². The Kier molecular flexibility index (Phi) is 6.28. The molecule has 0 bridgehead atoms. The van der Waals surface area contributed by atoms with Gasteiger partial charge in [0.05, 0.1) is 0 Å². The molecule has 0 radical (unpaired) electrons. The molecule has 1 amide bonds. The van der Waals surface area contributed by atoms with Crippen molar-refractivity contribution in [1.29, 1.82) is 0 Å². The second kappa shape index (κ2) is 8.42. The van der Waals surface area contributed by atoms with Gasteiger partial charge < -0.3 is 10.0 Å². The van der Waals surface area contributed by atoms with E-state index < -0.39 is 12.0 Å². The molecular formula is C20H22FNO3. The standard InChI is InChI=1S/C20H22FNO3/c1-14(16-8-10-17(21)11-9-16)12-19(23)22(2)18(20(24)25)13-15-6-4-3-5-7-15/h3-11,14,18H,12-13H2,1-2H3,(H,24,25). The van der Waals surface area contributed by atoms with Crippen LogP contribution in [-0.4, -0.2) is 35.0 Å². The molecule has 0 aliphatic carbocycles. The van der Waals surface area contributed by atoms with Crippen LogP contribution in [0.15, 0.2) is 54.6 Å². The number of hydrogen-bond donors (Lipinski definition) is 1. The van der Waals surface area contributed by atoms with Crippen molar-refractivity contribution in [1.82, 2.24) is 4.90 Å². The molecule has 2 aromatic rings. The molecule has 2 atom stereocenters. The molecule has 0 aromatic heterocycles. The lowest BCUT2D eigenvalue weighted by Crippen LogP contribution is -2.44. The third-order valence-electron chi connectivity index (χ3n) is 4.34. The molecule has 4 nitrogen and oxygen atoms in total. The highest BCUT2D eigenvalue weighted by molar-refractivity contribution is 5.84. The van der Waals surface area contributed by atoms with Crippen LogP contribution >= 0.6 is 0 Å². The molecule has 2 aromatic carbocycles. The summed E-state index contributed by atoms with van der Waals surface area (Å²) in [5.41, 5.74) is 1.71. The molecular weight excluding hydrogens is 321 g/mol. The Morgan fingerprint density at radius 1 is 1.08 bits per heavy atom. The quantitative estimate of drug-likeness (QED) is 0.837. The Bertz CT molecular complexity index is 715. The van der Waals surface area contributed by atoms with E-state index in [4.69, 9.17) is 0 Å². The molecule has 132 valence electrons. The summed E-state index contributed by atoms with van der Waals surface area (Å²) in [5.74, 6) is -1.73. The monoisotopic (exact) mass is 343 g/mol. The van der Waals surface area contributed by atoms with E-state index in [-0.39, 0.29) is 30.5 Å². The van der Waals surface area contributed by atoms with Crippen LogP contribution in [-0.2, 0) is 16.0 Å². The van der Waals surface area contributed by atoms with Gasteiger partial charge in [0.25, 0.3) is 0 Å². The van der Waals surface area contributed by atoms with E-state index in [0.29, 0.717) is 0 Å². The Labute approximate surface area is 146 Å². The third kappa shape index (κ3) is 5.14. The van der Waals surface area contributed by atoms with Crippen molar-refractivity contribution >= 4 is 11.9 Å². The normalized spacial score (nSPS) is 13.1. The van der Waals surface area contributed by atoms with E-state index in [9.17, 15) is 19.1 Å². The largest absolute Gasteiger partial charge is 0.480 e. The fraction of sp³-hybridized carbons (Fsp3) is 0.300. The number of carboxylic acids is 1. The lowest BCUT2D eigenvalue weighted by atomic mass is 9.96. The van der Waals surface area contributed by atoms with Gasteiger partial charge in [0.1, 0.15) is 11.9 Å².